The molecule has 1 aliphatic rings. The topological polar surface area (TPSA) is 3.24 Å². The maximum atomic E-state index is 2.41. The van der Waals surface area contributed by atoms with Crippen LogP contribution in [0.1, 0.15) is 22.6 Å². The van der Waals surface area contributed by atoms with Gasteiger partial charge in [0.25, 0.3) is 0 Å². The SMILES string of the molecule is c1ccc(-c2ccc(-c3ccc(N(c4ccccc4)c4ccc5c(c4)C(c4ccc(-c6ccccc6)cc4)c4ccccc4-5)cc3)cc2)cc1. The maximum absolute atomic E-state index is 2.41. The van der Waals surface area contributed by atoms with Crippen molar-refractivity contribution >= 4 is 17.1 Å². The van der Waals surface area contributed by atoms with E-state index in [-0.39, 0.29) is 5.92 Å². The van der Waals surface area contributed by atoms with E-state index in [4.69, 9.17) is 0 Å². The Morgan fingerprint density at radius 2 is 0.680 bits per heavy atom. The number of fused-ring (bicyclic) bond motifs is 3. The van der Waals surface area contributed by atoms with Gasteiger partial charge in [0.1, 0.15) is 0 Å². The van der Waals surface area contributed by atoms with Crippen LogP contribution in [0.5, 0.6) is 0 Å². The average molecular weight is 638 g/mol. The van der Waals surface area contributed by atoms with Gasteiger partial charge in [-0.15, -0.1) is 0 Å². The molecule has 236 valence electrons. The molecule has 1 unspecified atom stereocenters. The molecule has 0 spiro atoms. The van der Waals surface area contributed by atoms with Gasteiger partial charge >= 0.3 is 0 Å². The molecule has 9 rings (SSSR count). The van der Waals surface area contributed by atoms with E-state index in [0.717, 1.165) is 17.1 Å². The molecule has 1 heteroatoms. The van der Waals surface area contributed by atoms with Crippen molar-refractivity contribution in [2.75, 3.05) is 4.90 Å². The van der Waals surface area contributed by atoms with Crippen molar-refractivity contribution < 1.29 is 0 Å². The van der Waals surface area contributed by atoms with E-state index in [9.17, 15) is 0 Å². The molecule has 0 radical (unpaired) electrons. The molecule has 8 aromatic rings. The molecule has 1 atom stereocenters. The zero-order valence-corrected chi connectivity index (χ0v) is 27.7. The predicted molar refractivity (Wildman–Crippen MR) is 210 cm³/mol. The van der Waals surface area contributed by atoms with Gasteiger partial charge in [-0.05, 0) is 97.6 Å². The van der Waals surface area contributed by atoms with E-state index in [0.29, 0.717) is 0 Å². The van der Waals surface area contributed by atoms with Gasteiger partial charge in [0.2, 0.25) is 0 Å². The van der Waals surface area contributed by atoms with Crippen LogP contribution in [0.15, 0.2) is 206 Å². The second kappa shape index (κ2) is 12.9. The fourth-order valence-electron chi connectivity index (χ4n) is 7.51. The average Bonchev–Trinajstić information content (AvgIpc) is 3.53. The van der Waals surface area contributed by atoms with Crippen molar-refractivity contribution in [1.82, 2.24) is 0 Å². The number of para-hydroxylation sites is 1. The van der Waals surface area contributed by atoms with Gasteiger partial charge in [-0.1, -0.05) is 170 Å². The van der Waals surface area contributed by atoms with E-state index >= 15 is 0 Å². The Kier molecular flexibility index (Phi) is 7.64. The van der Waals surface area contributed by atoms with Crippen molar-refractivity contribution in [1.29, 1.82) is 0 Å². The summed E-state index contributed by atoms with van der Waals surface area (Å²) in [7, 11) is 0. The molecular formula is C49H35N. The van der Waals surface area contributed by atoms with Crippen LogP contribution >= 0.6 is 0 Å². The van der Waals surface area contributed by atoms with Gasteiger partial charge in [0.15, 0.2) is 0 Å². The maximum Gasteiger partial charge on any atom is 0.0465 e. The van der Waals surface area contributed by atoms with Crippen LogP contribution in [0.2, 0.25) is 0 Å². The van der Waals surface area contributed by atoms with Gasteiger partial charge in [-0.3, -0.25) is 0 Å². The lowest BCUT2D eigenvalue weighted by Gasteiger charge is -2.27. The number of anilines is 3. The Bertz CT molecular complexity index is 2380. The van der Waals surface area contributed by atoms with Gasteiger partial charge in [-0.25, -0.2) is 0 Å². The summed E-state index contributed by atoms with van der Waals surface area (Å²) in [4.78, 5) is 2.38. The highest BCUT2D eigenvalue weighted by Gasteiger charge is 2.30. The Hall–Kier alpha value is -6.44. The van der Waals surface area contributed by atoms with Crippen LogP contribution < -0.4 is 4.90 Å². The number of benzene rings is 8. The third-order valence-electron chi connectivity index (χ3n) is 9.98. The van der Waals surface area contributed by atoms with Crippen molar-refractivity contribution in [3.05, 3.63) is 223 Å². The quantitative estimate of drug-likeness (QED) is 0.168. The minimum atomic E-state index is 0.157. The largest absolute Gasteiger partial charge is 0.310 e. The Balaban J connectivity index is 1.09. The van der Waals surface area contributed by atoms with E-state index in [1.807, 2.05) is 0 Å². The molecule has 0 heterocycles. The first-order valence-corrected chi connectivity index (χ1v) is 17.3. The van der Waals surface area contributed by atoms with Crippen molar-refractivity contribution in [3.8, 4) is 44.5 Å². The second-order valence-electron chi connectivity index (χ2n) is 12.9. The summed E-state index contributed by atoms with van der Waals surface area (Å²) in [6.07, 6.45) is 0. The molecule has 0 saturated heterocycles. The standard InChI is InChI=1S/C49H35N/c1-4-12-35(13-5-1)37-20-22-39(23-21-37)40-28-30-43(31-29-40)50(42-16-8-3-9-17-42)44-32-33-46-45-18-10-11-19-47(45)49(48(46)34-44)41-26-24-38(25-27-41)36-14-6-2-7-15-36/h1-34,49H. The molecule has 0 saturated carbocycles. The van der Waals surface area contributed by atoms with Gasteiger partial charge in [0, 0.05) is 23.0 Å². The lowest BCUT2D eigenvalue weighted by atomic mass is 9.88. The lowest BCUT2D eigenvalue weighted by molar-refractivity contribution is 1.01. The van der Waals surface area contributed by atoms with Crippen LogP contribution in [0.3, 0.4) is 0 Å². The summed E-state index contributed by atoms with van der Waals surface area (Å²) < 4.78 is 0. The third kappa shape index (κ3) is 5.49. The molecule has 0 fully saturated rings. The highest BCUT2D eigenvalue weighted by atomic mass is 15.1. The third-order valence-corrected chi connectivity index (χ3v) is 9.98. The highest BCUT2D eigenvalue weighted by Crippen LogP contribution is 2.50. The zero-order chi connectivity index (χ0) is 33.3. The Morgan fingerprint density at radius 3 is 1.26 bits per heavy atom. The van der Waals surface area contributed by atoms with Crippen LogP contribution in [0.4, 0.5) is 17.1 Å². The second-order valence-corrected chi connectivity index (χ2v) is 12.9. The fourth-order valence-corrected chi connectivity index (χ4v) is 7.51. The molecule has 0 amide bonds. The summed E-state index contributed by atoms with van der Waals surface area (Å²) >= 11 is 0. The summed E-state index contributed by atoms with van der Waals surface area (Å²) in [5.74, 6) is 0.157. The summed E-state index contributed by atoms with van der Waals surface area (Å²) in [5, 5.41) is 0. The lowest BCUT2D eigenvalue weighted by Crippen LogP contribution is -2.10. The van der Waals surface area contributed by atoms with E-state index in [2.05, 4.69) is 211 Å². The Labute approximate surface area is 294 Å². The molecule has 50 heavy (non-hydrogen) atoms. The summed E-state index contributed by atoms with van der Waals surface area (Å²) in [6, 6.07) is 74.8. The smallest absolute Gasteiger partial charge is 0.0465 e. The van der Waals surface area contributed by atoms with Gasteiger partial charge < -0.3 is 4.90 Å². The van der Waals surface area contributed by atoms with Crippen LogP contribution in [0, 0.1) is 0 Å². The zero-order valence-electron chi connectivity index (χ0n) is 27.7. The fraction of sp³-hybridized carbons (Fsp3) is 0.0204. The molecular weight excluding hydrogens is 603 g/mol. The van der Waals surface area contributed by atoms with Crippen LogP contribution in [-0.4, -0.2) is 0 Å². The van der Waals surface area contributed by atoms with Crippen LogP contribution in [0.25, 0.3) is 44.5 Å². The molecule has 1 nitrogen and oxygen atoms in total. The van der Waals surface area contributed by atoms with E-state index < -0.39 is 0 Å². The Morgan fingerprint density at radius 1 is 0.280 bits per heavy atom. The van der Waals surface area contributed by atoms with Crippen molar-refractivity contribution in [3.63, 3.8) is 0 Å². The first-order valence-electron chi connectivity index (χ1n) is 17.3. The highest BCUT2D eigenvalue weighted by molar-refractivity contribution is 5.86. The number of nitrogens with zero attached hydrogens (tertiary/aromatic N) is 1. The normalized spacial score (nSPS) is 13.0. The minimum Gasteiger partial charge on any atom is -0.310 e. The molecule has 0 N–H and O–H groups in total. The number of hydrogen-bond acceptors (Lipinski definition) is 1. The van der Waals surface area contributed by atoms with Crippen molar-refractivity contribution in [2.24, 2.45) is 0 Å². The number of hydrogen-bond donors (Lipinski definition) is 0. The molecule has 0 aromatic heterocycles. The first-order chi connectivity index (χ1) is 24.8. The predicted octanol–water partition coefficient (Wildman–Crippen LogP) is 13.3. The molecule has 0 bridgehead atoms. The first kappa shape index (κ1) is 29.7. The van der Waals surface area contributed by atoms with E-state index in [1.54, 1.807) is 0 Å². The van der Waals surface area contributed by atoms with Gasteiger partial charge in [-0.2, -0.15) is 0 Å². The molecule has 8 aromatic carbocycles. The van der Waals surface area contributed by atoms with Gasteiger partial charge in [0.05, 0.1) is 0 Å². The minimum absolute atomic E-state index is 0.157. The van der Waals surface area contributed by atoms with Crippen LogP contribution in [-0.2, 0) is 0 Å². The summed E-state index contributed by atoms with van der Waals surface area (Å²) in [6.45, 7) is 0. The molecule has 1 aliphatic carbocycles. The van der Waals surface area contributed by atoms with E-state index in [1.165, 1.54) is 61.2 Å². The molecule has 0 aliphatic heterocycles. The monoisotopic (exact) mass is 637 g/mol. The van der Waals surface area contributed by atoms with Crippen molar-refractivity contribution in [2.45, 2.75) is 5.92 Å². The summed E-state index contributed by atoms with van der Waals surface area (Å²) in [5.41, 5.74) is 17.4. The number of rotatable bonds is 7.